The zero-order valence-electron chi connectivity index (χ0n) is 38.7. The van der Waals surface area contributed by atoms with Crippen molar-refractivity contribution >= 4 is 5.91 Å². The van der Waals surface area contributed by atoms with Gasteiger partial charge in [-0.2, -0.15) is 0 Å². The monoisotopic (exact) mass is 806 g/mol. The Balaban J connectivity index is 3.57. The van der Waals surface area contributed by atoms with Crippen molar-refractivity contribution in [1.82, 2.24) is 5.32 Å². The van der Waals surface area contributed by atoms with Crippen molar-refractivity contribution in [2.45, 2.75) is 308 Å². The molecule has 0 aliphatic heterocycles. The molecule has 5 nitrogen and oxygen atoms in total. The van der Waals surface area contributed by atoms with E-state index in [1.54, 1.807) is 6.08 Å². The summed E-state index contributed by atoms with van der Waals surface area (Å²) in [6.07, 6.45) is 58.1. The Bertz CT molecular complexity index is 803. The fourth-order valence-electron chi connectivity index (χ4n) is 8.34. The standard InChI is InChI=1S/C52H103NO4/c1-3-5-7-9-11-13-15-17-19-21-23-24-25-26-28-30-32-34-36-38-40-42-44-46-51(56)50(48-54)53-52(57)47-49(55)45-43-41-39-37-35-33-31-29-27-22-20-18-16-14-12-10-8-6-4-2/h44,46,49-51,54-56H,3-43,45,47-48H2,1-2H3,(H,53,57)/b46-44+. The molecule has 0 saturated carbocycles. The van der Waals surface area contributed by atoms with Crippen LogP contribution in [0.4, 0.5) is 0 Å². The van der Waals surface area contributed by atoms with Gasteiger partial charge in [-0.15, -0.1) is 0 Å². The van der Waals surface area contributed by atoms with Gasteiger partial charge >= 0.3 is 0 Å². The Kier molecular flexibility index (Phi) is 47.0. The van der Waals surface area contributed by atoms with Crippen molar-refractivity contribution < 1.29 is 20.1 Å². The van der Waals surface area contributed by atoms with Gasteiger partial charge in [0.05, 0.1) is 31.3 Å². The number of hydrogen-bond donors (Lipinski definition) is 4. The molecular formula is C52H103NO4. The molecule has 0 fully saturated rings. The van der Waals surface area contributed by atoms with Gasteiger partial charge in [-0.05, 0) is 19.3 Å². The van der Waals surface area contributed by atoms with Crippen LogP contribution >= 0.6 is 0 Å². The van der Waals surface area contributed by atoms with Crippen LogP contribution in [0.25, 0.3) is 0 Å². The van der Waals surface area contributed by atoms with Gasteiger partial charge in [-0.1, -0.05) is 276 Å². The summed E-state index contributed by atoms with van der Waals surface area (Å²) >= 11 is 0. The number of unbranched alkanes of at least 4 members (excludes halogenated alkanes) is 39. The third-order valence-electron chi connectivity index (χ3n) is 12.3. The van der Waals surface area contributed by atoms with E-state index in [-0.39, 0.29) is 18.9 Å². The lowest BCUT2D eigenvalue weighted by molar-refractivity contribution is -0.124. The predicted molar refractivity (Wildman–Crippen MR) is 250 cm³/mol. The smallest absolute Gasteiger partial charge is 0.222 e. The van der Waals surface area contributed by atoms with Crippen LogP contribution in [0.5, 0.6) is 0 Å². The molecule has 0 aromatic rings. The van der Waals surface area contributed by atoms with Gasteiger partial charge in [-0.3, -0.25) is 4.79 Å². The maximum absolute atomic E-state index is 12.5. The number of nitrogens with one attached hydrogen (secondary N) is 1. The quantitative estimate of drug-likeness (QED) is 0.0364. The van der Waals surface area contributed by atoms with E-state index in [0.29, 0.717) is 6.42 Å². The Morgan fingerprint density at radius 3 is 1.02 bits per heavy atom. The van der Waals surface area contributed by atoms with Gasteiger partial charge < -0.3 is 20.6 Å². The maximum Gasteiger partial charge on any atom is 0.222 e. The highest BCUT2D eigenvalue weighted by Crippen LogP contribution is 2.17. The van der Waals surface area contributed by atoms with E-state index in [1.165, 1.54) is 238 Å². The lowest BCUT2D eigenvalue weighted by Gasteiger charge is -2.21. The number of allylic oxidation sites excluding steroid dienone is 1. The summed E-state index contributed by atoms with van der Waals surface area (Å²) in [6.45, 7) is 4.25. The van der Waals surface area contributed by atoms with E-state index in [2.05, 4.69) is 19.2 Å². The van der Waals surface area contributed by atoms with Crippen molar-refractivity contribution in [3.8, 4) is 0 Å². The van der Waals surface area contributed by atoms with Gasteiger partial charge in [0.2, 0.25) is 5.91 Å². The first-order chi connectivity index (χ1) is 28.0. The van der Waals surface area contributed by atoms with Gasteiger partial charge in [0.25, 0.3) is 0 Å². The summed E-state index contributed by atoms with van der Waals surface area (Å²) < 4.78 is 0. The number of carbonyl (C=O) groups excluding carboxylic acids is 1. The molecule has 0 aliphatic carbocycles. The molecule has 0 spiro atoms. The molecule has 0 heterocycles. The van der Waals surface area contributed by atoms with Crippen molar-refractivity contribution in [2.24, 2.45) is 0 Å². The first-order valence-electron chi connectivity index (χ1n) is 26.0. The Hall–Kier alpha value is -0.910. The molecular weight excluding hydrogens is 703 g/mol. The van der Waals surface area contributed by atoms with E-state index in [4.69, 9.17) is 0 Å². The third-order valence-corrected chi connectivity index (χ3v) is 12.3. The van der Waals surface area contributed by atoms with Crippen LogP contribution in [0.2, 0.25) is 0 Å². The zero-order chi connectivity index (χ0) is 41.5. The number of aliphatic hydroxyl groups is 3. The summed E-state index contributed by atoms with van der Waals surface area (Å²) in [5, 5.41) is 33.4. The van der Waals surface area contributed by atoms with Gasteiger partial charge in [0.15, 0.2) is 0 Å². The number of hydrogen-bond acceptors (Lipinski definition) is 4. The maximum atomic E-state index is 12.5. The van der Waals surface area contributed by atoms with Crippen LogP contribution in [-0.2, 0) is 4.79 Å². The molecule has 0 bridgehead atoms. The summed E-state index contributed by atoms with van der Waals surface area (Å²) in [5.74, 6) is -0.309. The van der Waals surface area contributed by atoms with Crippen molar-refractivity contribution in [2.75, 3.05) is 6.61 Å². The molecule has 0 aliphatic rings. The fraction of sp³-hybridized carbons (Fsp3) is 0.942. The Morgan fingerprint density at radius 1 is 0.439 bits per heavy atom. The summed E-state index contributed by atoms with van der Waals surface area (Å²) in [4.78, 5) is 12.5. The highest BCUT2D eigenvalue weighted by molar-refractivity contribution is 5.76. The molecule has 4 N–H and O–H groups in total. The molecule has 0 rings (SSSR count). The minimum Gasteiger partial charge on any atom is -0.394 e. The summed E-state index contributed by atoms with van der Waals surface area (Å²) in [6, 6.07) is -0.740. The molecule has 3 unspecified atom stereocenters. The van der Waals surface area contributed by atoms with Crippen LogP contribution < -0.4 is 5.32 Å². The SMILES string of the molecule is CCCCCCCCCCCCCCCCCCCCCCC/C=C/C(O)C(CO)NC(=O)CC(O)CCCCCCCCCCCCCCCCCCCCC. The van der Waals surface area contributed by atoms with Crippen molar-refractivity contribution in [3.05, 3.63) is 12.2 Å². The molecule has 0 radical (unpaired) electrons. The highest BCUT2D eigenvalue weighted by atomic mass is 16.3. The molecule has 0 saturated heterocycles. The Morgan fingerprint density at radius 2 is 0.719 bits per heavy atom. The van der Waals surface area contributed by atoms with E-state index in [9.17, 15) is 20.1 Å². The fourth-order valence-corrected chi connectivity index (χ4v) is 8.34. The molecule has 340 valence electrons. The van der Waals surface area contributed by atoms with Crippen LogP contribution in [0.3, 0.4) is 0 Å². The number of carbonyl (C=O) groups is 1. The second-order valence-electron chi connectivity index (χ2n) is 18.1. The van der Waals surface area contributed by atoms with Crippen molar-refractivity contribution in [3.63, 3.8) is 0 Å². The lowest BCUT2D eigenvalue weighted by atomic mass is 10.0. The van der Waals surface area contributed by atoms with Crippen LogP contribution in [0.15, 0.2) is 12.2 Å². The molecule has 0 aromatic heterocycles. The normalized spacial score (nSPS) is 13.4. The molecule has 0 aromatic carbocycles. The Labute approximate surface area is 357 Å². The summed E-state index contributed by atoms with van der Waals surface area (Å²) in [5.41, 5.74) is 0. The van der Waals surface area contributed by atoms with E-state index in [0.717, 1.165) is 25.7 Å². The lowest BCUT2D eigenvalue weighted by Crippen LogP contribution is -2.45. The molecule has 1 amide bonds. The predicted octanol–water partition coefficient (Wildman–Crippen LogP) is 15.6. The van der Waals surface area contributed by atoms with Crippen LogP contribution in [-0.4, -0.2) is 46.1 Å². The second-order valence-corrected chi connectivity index (χ2v) is 18.1. The van der Waals surface area contributed by atoms with Gasteiger partial charge in [-0.25, -0.2) is 0 Å². The van der Waals surface area contributed by atoms with E-state index < -0.39 is 18.2 Å². The van der Waals surface area contributed by atoms with Crippen molar-refractivity contribution in [1.29, 1.82) is 0 Å². The van der Waals surface area contributed by atoms with Gasteiger partial charge in [0, 0.05) is 0 Å². The average molecular weight is 806 g/mol. The average Bonchev–Trinajstić information content (AvgIpc) is 3.20. The molecule has 3 atom stereocenters. The minimum absolute atomic E-state index is 0.0193. The number of rotatable bonds is 48. The third kappa shape index (κ3) is 44.5. The summed E-state index contributed by atoms with van der Waals surface area (Å²) in [7, 11) is 0. The number of aliphatic hydroxyl groups excluding tert-OH is 3. The first kappa shape index (κ1) is 56.1. The highest BCUT2D eigenvalue weighted by Gasteiger charge is 2.20. The largest absolute Gasteiger partial charge is 0.394 e. The number of amides is 1. The molecule has 5 heteroatoms. The minimum atomic E-state index is -0.925. The van der Waals surface area contributed by atoms with Crippen LogP contribution in [0, 0.1) is 0 Å². The first-order valence-corrected chi connectivity index (χ1v) is 26.0. The van der Waals surface area contributed by atoms with Gasteiger partial charge in [0.1, 0.15) is 0 Å². The molecule has 57 heavy (non-hydrogen) atoms. The second kappa shape index (κ2) is 47.8. The zero-order valence-corrected chi connectivity index (χ0v) is 38.7. The van der Waals surface area contributed by atoms with E-state index in [1.807, 2.05) is 6.08 Å². The topological polar surface area (TPSA) is 89.8 Å². The van der Waals surface area contributed by atoms with E-state index >= 15 is 0 Å². The van der Waals surface area contributed by atoms with Crippen LogP contribution in [0.1, 0.15) is 290 Å².